The summed E-state index contributed by atoms with van der Waals surface area (Å²) >= 11 is 0. The molecule has 0 saturated carbocycles. The van der Waals surface area contributed by atoms with Crippen LogP contribution in [-0.2, 0) is 9.09 Å². The molecule has 0 saturated heterocycles. The van der Waals surface area contributed by atoms with Crippen LogP contribution in [-0.4, -0.2) is 49.8 Å². The molecule has 1 atom stereocenters. The predicted molar refractivity (Wildman–Crippen MR) is 188 cm³/mol. The summed E-state index contributed by atoms with van der Waals surface area (Å²) in [5, 5.41) is 0. The lowest BCUT2D eigenvalue weighted by molar-refractivity contribution is -0.870. The Labute approximate surface area is 265 Å². The van der Waals surface area contributed by atoms with Gasteiger partial charge in [-0.2, -0.15) is 0 Å². The molecule has 0 amide bonds. The molecule has 42 heavy (non-hydrogen) atoms. The number of nitrogens with zero attached hydrogens (tertiary/aromatic N) is 1. The summed E-state index contributed by atoms with van der Waals surface area (Å²) in [7, 11) is 2.77. The van der Waals surface area contributed by atoms with Gasteiger partial charge in [0.15, 0.2) is 0 Å². The second-order valence-electron chi connectivity index (χ2n) is 14.6. The minimum atomic E-state index is -3.52. The van der Waals surface area contributed by atoms with Gasteiger partial charge in [-0.1, -0.05) is 181 Å². The van der Waals surface area contributed by atoms with Gasteiger partial charge >= 0.3 is 7.60 Å². The summed E-state index contributed by atoms with van der Waals surface area (Å²) < 4.78 is 19.2. The van der Waals surface area contributed by atoms with Crippen molar-refractivity contribution in [1.29, 1.82) is 0 Å². The smallest absolute Gasteiger partial charge is 0.328 e. The molecule has 1 unspecified atom stereocenters. The molecule has 0 fully saturated rings. The second kappa shape index (κ2) is 29.8. The van der Waals surface area contributed by atoms with E-state index in [0.717, 1.165) is 23.9 Å². The molecule has 0 aliphatic carbocycles. The van der Waals surface area contributed by atoms with Gasteiger partial charge < -0.3 is 13.9 Å². The summed E-state index contributed by atoms with van der Waals surface area (Å²) in [6.45, 7) is 5.69. The van der Waals surface area contributed by atoms with Gasteiger partial charge in [-0.25, -0.2) is 0 Å². The quantitative estimate of drug-likeness (QED) is 0.0444. The van der Waals surface area contributed by atoms with Crippen LogP contribution < -0.4 is 0 Å². The van der Waals surface area contributed by atoms with Crippen molar-refractivity contribution in [3.8, 4) is 0 Å². The Hall–Kier alpha value is 0.110. The highest BCUT2D eigenvalue weighted by molar-refractivity contribution is 7.52. The molecule has 0 radical (unpaired) electrons. The van der Waals surface area contributed by atoms with Crippen LogP contribution >= 0.6 is 7.60 Å². The van der Waals surface area contributed by atoms with Crippen molar-refractivity contribution in [3.05, 3.63) is 0 Å². The Morgan fingerprint density at radius 3 is 1.10 bits per heavy atom. The molecule has 0 aliphatic heterocycles. The maximum atomic E-state index is 12.9. The van der Waals surface area contributed by atoms with Gasteiger partial charge in [0, 0.05) is 0 Å². The van der Waals surface area contributed by atoms with Crippen LogP contribution in [0.2, 0.25) is 0 Å². The van der Waals surface area contributed by atoms with E-state index in [-0.39, 0.29) is 0 Å². The first kappa shape index (κ1) is 42.1. The number of quaternary nitrogens is 1. The van der Waals surface area contributed by atoms with Gasteiger partial charge in [-0.15, -0.1) is 0 Å². The third kappa shape index (κ3) is 33.0. The topological polar surface area (TPSA) is 46.5 Å². The normalized spacial score (nSPS) is 13.7. The van der Waals surface area contributed by atoms with E-state index in [2.05, 4.69) is 35.0 Å². The van der Waals surface area contributed by atoms with Crippen LogP contribution in [0.3, 0.4) is 0 Å². The molecule has 0 heterocycles. The first-order valence-corrected chi connectivity index (χ1v) is 20.7. The zero-order chi connectivity index (χ0) is 31.2. The van der Waals surface area contributed by atoms with E-state index in [0.29, 0.717) is 18.7 Å². The van der Waals surface area contributed by atoms with Gasteiger partial charge in [0.05, 0.1) is 27.3 Å². The highest BCUT2D eigenvalue weighted by Gasteiger charge is 2.26. The maximum Gasteiger partial charge on any atom is 0.328 e. The largest absolute Gasteiger partial charge is 0.329 e. The molecule has 0 rings (SSSR count). The molecular weight excluding hydrogens is 537 g/mol. The van der Waals surface area contributed by atoms with E-state index in [1.807, 2.05) is 0 Å². The van der Waals surface area contributed by atoms with Crippen LogP contribution in [0.4, 0.5) is 0 Å². The summed E-state index contributed by atoms with van der Waals surface area (Å²) in [4.78, 5) is 10.6. The van der Waals surface area contributed by atoms with Crippen molar-refractivity contribution in [2.75, 3.05) is 40.5 Å². The lowest BCUT2D eigenvalue weighted by atomic mass is 9.95. The van der Waals surface area contributed by atoms with Crippen molar-refractivity contribution >= 4 is 7.60 Å². The van der Waals surface area contributed by atoms with Gasteiger partial charge in [-0.05, 0) is 18.8 Å². The summed E-state index contributed by atoms with van der Waals surface area (Å²) in [6.07, 6.45) is 38.0. The third-order valence-corrected chi connectivity index (χ3v) is 10.5. The minimum absolute atomic E-state index is 0.324. The van der Waals surface area contributed by atoms with Crippen molar-refractivity contribution in [2.24, 2.45) is 5.92 Å². The zero-order valence-electron chi connectivity index (χ0n) is 29.7. The lowest BCUT2D eigenvalue weighted by Gasteiger charge is -2.25. The third-order valence-electron chi connectivity index (χ3n) is 8.98. The highest BCUT2D eigenvalue weighted by atomic mass is 31.2. The lowest BCUT2D eigenvalue weighted by Crippen LogP contribution is -2.37. The molecule has 1 N–H and O–H groups in total. The van der Waals surface area contributed by atoms with Crippen molar-refractivity contribution < 1.29 is 18.5 Å². The first-order chi connectivity index (χ1) is 20.2. The molecule has 254 valence electrons. The summed E-state index contributed by atoms with van der Waals surface area (Å²) in [5.74, 6) is 0.324. The van der Waals surface area contributed by atoms with Crippen LogP contribution in [0.25, 0.3) is 0 Å². The van der Waals surface area contributed by atoms with E-state index >= 15 is 0 Å². The SMILES string of the molecule is CCCCCCCCCCCCCCCC(CCCCCCCCCCCCCCC)CP(=O)(O)OCC[N+](C)(C)C. The average molecular weight is 617 g/mol. The fourth-order valence-electron chi connectivity index (χ4n) is 6.06. The molecule has 0 spiro atoms. The fourth-order valence-corrected chi connectivity index (χ4v) is 7.55. The van der Waals surface area contributed by atoms with E-state index in [9.17, 15) is 9.46 Å². The number of unbranched alkanes of at least 4 members (excludes halogenated alkanes) is 24. The molecule has 0 aliphatic rings. The summed E-state index contributed by atoms with van der Waals surface area (Å²) in [6, 6.07) is 0. The first-order valence-electron chi connectivity index (χ1n) is 19.0. The standard InChI is InChI=1S/C37H78NO3P/c1-6-8-10-12-14-16-18-20-22-24-26-28-30-32-37(36-42(39,40)41-35-34-38(3,4)5)33-31-29-27-25-23-21-19-17-15-13-11-9-7-2/h37H,6-36H2,1-5H3/p+1. The number of hydrogen-bond acceptors (Lipinski definition) is 2. The van der Waals surface area contributed by atoms with Gasteiger partial charge in [-0.3, -0.25) is 4.57 Å². The molecular formula is C37H79NO3P+. The Balaban J connectivity index is 4.14. The zero-order valence-corrected chi connectivity index (χ0v) is 30.6. The Bertz CT molecular complexity index is 562. The van der Waals surface area contributed by atoms with Crippen LogP contribution in [0, 0.1) is 5.92 Å². The molecule has 5 heteroatoms. The highest BCUT2D eigenvalue weighted by Crippen LogP contribution is 2.45. The van der Waals surface area contributed by atoms with Crippen molar-refractivity contribution in [1.82, 2.24) is 0 Å². The van der Waals surface area contributed by atoms with E-state index in [1.165, 1.54) is 167 Å². The minimum Gasteiger partial charge on any atom is -0.329 e. The Kier molecular flexibility index (Phi) is 29.9. The van der Waals surface area contributed by atoms with Crippen molar-refractivity contribution in [3.63, 3.8) is 0 Å². The Morgan fingerprint density at radius 1 is 0.524 bits per heavy atom. The number of rotatable bonds is 34. The second-order valence-corrected chi connectivity index (χ2v) is 16.5. The Morgan fingerprint density at radius 2 is 0.810 bits per heavy atom. The molecule has 0 bridgehead atoms. The maximum absolute atomic E-state index is 12.9. The fraction of sp³-hybridized carbons (Fsp3) is 1.00. The van der Waals surface area contributed by atoms with Crippen LogP contribution in [0.15, 0.2) is 0 Å². The summed E-state index contributed by atoms with van der Waals surface area (Å²) in [5.41, 5.74) is 0. The average Bonchev–Trinajstić information content (AvgIpc) is 2.92. The van der Waals surface area contributed by atoms with Gasteiger partial charge in [0.25, 0.3) is 0 Å². The van der Waals surface area contributed by atoms with Gasteiger partial charge in [0.2, 0.25) is 0 Å². The molecule has 0 aromatic rings. The molecule has 4 nitrogen and oxygen atoms in total. The number of hydrogen-bond donors (Lipinski definition) is 1. The number of likely N-dealkylation sites (N-methyl/N-ethyl adjacent to an activating group) is 1. The van der Waals surface area contributed by atoms with Crippen molar-refractivity contribution in [2.45, 2.75) is 194 Å². The van der Waals surface area contributed by atoms with Gasteiger partial charge in [0.1, 0.15) is 13.2 Å². The monoisotopic (exact) mass is 617 g/mol. The van der Waals surface area contributed by atoms with E-state index in [1.54, 1.807) is 0 Å². The molecule has 0 aromatic carbocycles. The molecule has 0 aromatic heterocycles. The predicted octanol–water partition coefficient (Wildman–Crippen LogP) is 12.5. The van der Waals surface area contributed by atoms with E-state index < -0.39 is 7.60 Å². The van der Waals surface area contributed by atoms with Crippen LogP contribution in [0.1, 0.15) is 194 Å². The van der Waals surface area contributed by atoms with Crippen LogP contribution in [0.5, 0.6) is 0 Å². The van der Waals surface area contributed by atoms with E-state index in [4.69, 9.17) is 4.52 Å².